The second kappa shape index (κ2) is 6.17. The van der Waals surface area contributed by atoms with Crippen molar-refractivity contribution in [2.24, 2.45) is 5.92 Å². The molecule has 0 aliphatic carbocycles. The van der Waals surface area contributed by atoms with Gasteiger partial charge in [-0.2, -0.15) is 0 Å². The Bertz CT molecular complexity index is 377. The zero-order valence-corrected chi connectivity index (χ0v) is 10.3. The molecule has 0 N–H and O–H groups in total. The Labute approximate surface area is 98.1 Å². The van der Waals surface area contributed by atoms with Gasteiger partial charge in [0.2, 0.25) is 6.54 Å². The Hall–Kier alpha value is -1.49. The maximum absolute atomic E-state index is 6.78. The molecular weight excluding hydrogens is 198 g/mol. The lowest BCUT2D eigenvalue weighted by Crippen LogP contribution is -1.99. The smallest absolute Gasteiger partial charge is 0.218 e. The average molecular weight is 217 g/mol. The molecule has 16 heavy (non-hydrogen) atoms. The Morgan fingerprint density at radius 2 is 2.12 bits per heavy atom. The van der Waals surface area contributed by atoms with Gasteiger partial charge in [-0.1, -0.05) is 26.0 Å². The maximum Gasteiger partial charge on any atom is 0.218 e. The summed E-state index contributed by atoms with van der Waals surface area (Å²) >= 11 is 0. The molecule has 0 radical (unpaired) electrons. The summed E-state index contributed by atoms with van der Waals surface area (Å²) in [5.74, 6) is 1.58. The molecule has 0 saturated carbocycles. The zero-order chi connectivity index (χ0) is 12.0. The van der Waals surface area contributed by atoms with Crippen LogP contribution in [0.1, 0.15) is 25.0 Å². The highest BCUT2D eigenvalue weighted by molar-refractivity contribution is 5.38. The van der Waals surface area contributed by atoms with E-state index >= 15 is 0 Å². The van der Waals surface area contributed by atoms with Crippen molar-refractivity contribution in [2.75, 3.05) is 13.7 Å². The van der Waals surface area contributed by atoms with E-state index < -0.39 is 0 Å². The molecule has 86 valence electrons. The van der Waals surface area contributed by atoms with Crippen LogP contribution in [0.4, 0.5) is 0 Å². The summed E-state index contributed by atoms with van der Waals surface area (Å²) in [5, 5.41) is 0. The predicted molar refractivity (Wildman–Crippen MR) is 66.7 cm³/mol. The predicted octanol–water partition coefficient (Wildman–Crippen LogP) is 3.36. The summed E-state index contributed by atoms with van der Waals surface area (Å²) in [6.07, 6.45) is 1.84. The summed E-state index contributed by atoms with van der Waals surface area (Å²) in [4.78, 5) is 3.37. The number of methoxy groups -OCH3 is 1. The lowest BCUT2D eigenvalue weighted by molar-refractivity contribution is 0.406. The van der Waals surface area contributed by atoms with Gasteiger partial charge >= 0.3 is 0 Å². The van der Waals surface area contributed by atoms with E-state index in [0.717, 1.165) is 18.6 Å². The molecule has 0 fully saturated rings. The van der Waals surface area contributed by atoms with Crippen LogP contribution in [0.25, 0.3) is 4.85 Å². The van der Waals surface area contributed by atoms with Crippen LogP contribution in [0.3, 0.4) is 0 Å². The molecule has 1 aromatic rings. The van der Waals surface area contributed by atoms with E-state index in [1.165, 1.54) is 11.1 Å². The molecule has 1 aromatic carbocycles. The topological polar surface area (TPSA) is 13.6 Å². The molecule has 0 aliphatic heterocycles. The van der Waals surface area contributed by atoms with Gasteiger partial charge in [0.05, 0.1) is 7.11 Å². The number of benzene rings is 1. The fourth-order valence-electron chi connectivity index (χ4n) is 1.74. The van der Waals surface area contributed by atoms with Gasteiger partial charge in [-0.25, -0.2) is 6.57 Å². The number of rotatable bonds is 5. The number of hydrogen-bond acceptors (Lipinski definition) is 1. The third-order valence-electron chi connectivity index (χ3n) is 2.49. The summed E-state index contributed by atoms with van der Waals surface area (Å²) < 4.78 is 5.39. The molecule has 0 saturated heterocycles. The largest absolute Gasteiger partial charge is 0.496 e. The van der Waals surface area contributed by atoms with E-state index in [1.54, 1.807) is 7.11 Å². The maximum atomic E-state index is 6.78. The summed E-state index contributed by atoms with van der Waals surface area (Å²) in [6.45, 7) is 11.7. The van der Waals surface area contributed by atoms with Gasteiger partial charge < -0.3 is 9.58 Å². The van der Waals surface area contributed by atoms with Crippen molar-refractivity contribution in [2.45, 2.75) is 26.7 Å². The Morgan fingerprint density at radius 1 is 1.38 bits per heavy atom. The summed E-state index contributed by atoms with van der Waals surface area (Å²) in [5.41, 5.74) is 2.43. The molecule has 2 nitrogen and oxygen atoms in total. The summed E-state index contributed by atoms with van der Waals surface area (Å²) in [7, 11) is 1.71. The van der Waals surface area contributed by atoms with Crippen LogP contribution in [0, 0.1) is 12.5 Å². The van der Waals surface area contributed by atoms with Crippen LogP contribution in [-0.4, -0.2) is 13.7 Å². The van der Waals surface area contributed by atoms with Gasteiger partial charge in [-0.15, -0.1) is 0 Å². The van der Waals surface area contributed by atoms with Crippen LogP contribution >= 0.6 is 0 Å². The van der Waals surface area contributed by atoms with E-state index in [9.17, 15) is 0 Å². The molecule has 0 aliphatic rings. The van der Waals surface area contributed by atoms with Gasteiger partial charge in [0.25, 0.3) is 0 Å². The van der Waals surface area contributed by atoms with Gasteiger partial charge in [-0.3, -0.25) is 0 Å². The van der Waals surface area contributed by atoms with E-state index in [4.69, 9.17) is 11.3 Å². The van der Waals surface area contributed by atoms with Gasteiger partial charge in [0.1, 0.15) is 5.75 Å². The fraction of sp³-hybridized carbons (Fsp3) is 0.500. The molecule has 1 rings (SSSR count). The van der Waals surface area contributed by atoms with E-state index in [-0.39, 0.29) is 0 Å². The Kier molecular flexibility index (Phi) is 4.85. The lowest BCUT2D eigenvalue weighted by atomic mass is 10.00. The third-order valence-corrected chi connectivity index (χ3v) is 2.49. The van der Waals surface area contributed by atoms with E-state index in [1.807, 2.05) is 0 Å². The van der Waals surface area contributed by atoms with Gasteiger partial charge in [0, 0.05) is 6.42 Å². The normalized spacial score (nSPS) is 10.2. The van der Waals surface area contributed by atoms with Crippen LogP contribution in [0.15, 0.2) is 18.2 Å². The first-order valence-electron chi connectivity index (χ1n) is 5.66. The zero-order valence-electron chi connectivity index (χ0n) is 10.3. The number of nitrogens with zero attached hydrogens (tertiary/aromatic N) is 1. The van der Waals surface area contributed by atoms with Crippen molar-refractivity contribution in [1.29, 1.82) is 0 Å². The molecule has 0 atom stereocenters. The second-order valence-corrected chi connectivity index (χ2v) is 4.38. The van der Waals surface area contributed by atoms with Crippen molar-refractivity contribution in [3.63, 3.8) is 0 Å². The minimum atomic E-state index is 0.548. The molecule has 0 aromatic heterocycles. The van der Waals surface area contributed by atoms with Crippen LogP contribution < -0.4 is 4.74 Å². The number of hydrogen-bond donors (Lipinski definition) is 0. The van der Waals surface area contributed by atoms with Crippen molar-refractivity contribution >= 4 is 0 Å². The second-order valence-electron chi connectivity index (χ2n) is 4.38. The number of ether oxygens (including phenoxy) is 1. The first-order valence-corrected chi connectivity index (χ1v) is 5.66. The van der Waals surface area contributed by atoms with E-state index in [0.29, 0.717) is 12.5 Å². The SMILES string of the molecule is [C-]#[N+]CCc1ccc(CC(C)C)c(OC)c1. The molecule has 0 unspecified atom stereocenters. The molecule has 2 heteroatoms. The molecule has 0 amide bonds. The monoisotopic (exact) mass is 217 g/mol. The lowest BCUT2D eigenvalue weighted by Gasteiger charge is -2.11. The van der Waals surface area contributed by atoms with E-state index in [2.05, 4.69) is 36.9 Å². The third kappa shape index (κ3) is 3.58. The van der Waals surface area contributed by atoms with Crippen molar-refractivity contribution in [3.05, 3.63) is 40.7 Å². The van der Waals surface area contributed by atoms with Crippen LogP contribution in [0.2, 0.25) is 0 Å². The Morgan fingerprint density at radius 3 is 2.69 bits per heavy atom. The molecule has 0 spiro atoms. The minimum absolute atomic E-state index is 0.548. The van der Waals surface area contributed by atoms with Gasteiger partial charge in [-0.05, 0) is 29.5 Å². The van der Waals surface area contributed by atoms with Crippen molar-refractivity contribution in [1.82, 2.24) is 0 Å². The van der Waals surface area contributed by atoms with Crippen LogP contribution in [0.5, 0.6) is 5.75 Å². The minimum Gasteiger partial charge on any atom is -0.496 e. The first-order chi connectivity index (χ1) is 7.67. The summed E-state index contributed by atoms with van der Waals surface area (Å²) in [6, 6.07) is 6.28. The van der Waals surface area contributed by atoms with Crippen molar-refractivity contribution in [3.8, 4) is 5.75 Å². The highest BCUT2D eigenvalue weighted by Crippen LogP contribution is 2.23. The quantitative estimate of drug-likeness (QED) is 0.689. The molecular formula is C14H19NO. The average Bonchev–Trinajstić information content (AvgIpc) is 2.27. The fourth-order valence-corrected chi connectivity index (χ4v) is 1.74. The Balaban J connectivity index is 2.84. The highest BCUT2D eigenvalue weighted by Gasteiger charge is 2.06. The standard InChI is InChI=1S/C14H19NO/c1-11(2)9-13-6-5-12(7-8-15-3)10-14(13)16-4/h5-6,10-11H,7-9H2,1-2,4H3. The molecule has 0 heterocycles. The van der Waals surface area contributed by atoms with Gasteiger partial charge in [0.15, 0.2) is 0 Å². The van der Waals surface area contributed by atoms with Crippen LogP contribution in [-0.2, 0) is 12.8 Å². The highest BCUT2D eigenvalue weighted by atomic mass is 16.5. The molecule has 0 bridgehead atoms. The first kappa shape index (κ1) is 12.6. The van der Waals surface area contributed by atoms with Crippen molar-refractivity contribution < 1.29 is 4.74 Å².